The van der Waals surface area contributed by atoms with Gasteiger partial charge in [-0.3, -0.25) is 0 Å². The van der Waals surface area contributed by atoms with E-state index in [0.717, 1.165) is 5.56 Å². The summed E-state index contributed by atoms with van der Waals surface area (Å²) in [6.45, 7) is 4.02. The summed E-state index contributed by atoms with van der Waals surface area (Å²) >= 11 is 0. The van der Waals surface area contributed by atoms with Gasteiger partial charge in [0.25, 0.3) is 0 Å². The second kappa shape index (κ2) is 6.31. The molecule has 1 unspecified atom stereocenters. The molecule has 0 aromatic heterocycles. The second-order valence-corrected chi connectivity index (χ2v) is 6.81. The maximum absolute atomic E-state index is 12.0. The van der Waals surface area contributed by atoms with Crippen LogP contribution in [0.3, 0.4) is 0 Å². The number of benzene rings is 1. The first-order chi connectivity index (χ1) is 8.36. The summed E-state index contributed by atoms with van der Waals surface area (Å²) in [5.74, 6) is 0.243. The number of sulfone groups is 1. The van der Waals surface area contributed by atoms with Crippen molar-refractivity contribution in [2.75, 3.05) is 12.4 Å². The predicted molar refractivity (Wildman–Crippen MR) is 72.3 cm³/mol. The van der Waals surface area contributed by atoms with E-state index in [1.807, 2.05) is 12.1 Å². The van der Waals surface area contributed by atoms with Gasteiger partial charge in [0.05, 0.1) is 10.6 Å². The minimum atomic E-state index is -3.36. The van der Waals surface area contributed by atoms with Crippen molar-refractivity contribution in [3.05, 3.63) is 29.8 Å². The minimum Gasteiger partial charge on any atom is -0.396 e. The van der Waals surface area contributed by atoms with Crippen molar-refractivity contribution >= 4 is 9.84 Å². The molecule has 0 radical (unpaired) electrons. The number of aliphatic hydroxyl groups is 1. The summed E-state index contributed by atoms with van der Waals surface area (Å²) < 4.78 is 24.1. The van der Waals surface area contributed by atoms with Gasteiger partial charge in [0.15, 0.2) is 9.84 Å². The second-order valence-electron chi connectivity index (χ2n) is 4.78. The van der Waals surface area contributed by atoms with Crippen molar-refractivity contribution < 1.29 is 13.5 Å². The highest BCUT2D eigenvalue weighted by molar-refractivity contribution is 7.91. The molecule has 0 bridgehead atoms. The Bertz CT molecular complexity index is 466. The van der Waals surface area contributed by atoms with Crippen LogP contribution in [0.15, 0.2) is 29.2 Å². The maximum Gasteiger partial charge on any atom is 0.179 e. The van der Waals surface area contributed by atoms with E-state index in [0.29, 0.717) is 17.2 Å². The fourth-order valence-corrected chi connectivity index (χ4v) is 3.16. The van der Waals surface area contributed by atoms with Crippen molar-refractivity contribution in [1.29, 1.82) is 0 Å². The molecule has 0 saturated heterocycles. The Hall–Kier alpha value is -0.910. The van der Waals surface area contributed by atoms with Gasteiger partial charge in [-0.05, 0) is 30.0 Å². The lowest BCUT2D eigenvalue weighted by Crippen LogP contribution is -2.30. The molecule has 18 heavy (non-hydrogen) atoms. The molecule has 0 aliphatic carbocycles. The zero-order chi connectivity index (χ0) is 13.8. The van der Waals surface area contributed by atoms with E-state index < -0.39 is 15.9 Å². The Kier molecular flexibility index (Phi) is 5.31. The van der Waals surface area contributed by atoms with Crippen LogP contribution in [-0.2, 0) is 9.84 Å². The number of aliphatic hydroxyl groups excluding tert-OH is 1. The summed E-state index contributed by atoms with van der Waals surface area (Å²) in [5.41, 5.74) is 6.75. The molecule has 1 atom stereocenters. The monoisotopic (exact) mass is 271 g/mol. The molecular formula is C13H21NO3S. The standard InChI is InChI=1S/C13H21NO3S/c1-10(2)11-3-5-13(6-4-11)18(16,17)9-12(14)7-8-15/h3-6,10,12,15H,7-9,14H2,1-2H3. The van der Waals surface area contributed by atoms with Crippen LogP contribution in [-0.4, -0.2) is 31.9 Å². The molecule has 3 N–H and O–H groups in total. The number of hydrogen-bond donors (Lipinski definition) is 2. The molecule has 0 aliphatic heterocycles. The summed E-state index contributed by atoms with van der Waals surface area (Å²) in [6, 6.07) is 6.38. The molecule has 1 aromatic rings. The van der Waals surface area contributed by atoms with Gasteiger partial charge >= 0.3 is 0 Å². The minimum absolute atomic E-state index is 0.0943. The van der Waals surface area contributed by atoms with Crippen LogP contribution in [0.25, 0.3) is 0 Å². The van der Waals surface area contributed by atoms with E-state index in [1.54, 1.807) is 12.1 Å². The molecule has 1 aromatic carbocycles. The molecule has 0 aliphatic rings. The van der Waals surface area contributed by atoms with E-state index >= 15 is 0 Å². The van der Waals surface area contributed by atoms with Crippen LogP contribution in [0.5, 0.6) is 0 Å². The zero-order valence-corrected chi connectivity index (χ0v) is 11.7. The lowest BCUT2D eigenvalue weighted by atomic mass is 10.0. The zero-order valence-electron chi connectivity index (χ0n) is 10.8. The van der Waals surface area contributed by atoms with Crippen LogP contribution < -0.4 is 5.73 Å². The van der Waals surface area contributed by atoms with E-state index in [1.165, 1.54) is 0 Å². The Labute approximate surface area is 109 Å². The van der Waals surface area contributed by atoms with Crippen molar-refractivity contribution in [1.82, 2.24) is 0 Å². The SMILES string of the molecule is CC(C)c1ccc(S(=O)(=O)CC(N)CCO)cc1. The summed E-state index contributed by atoms with van der Waals surface area (Å²) in [7, 11) is -3.36. The first kappa shape index (κ1) is 15.1. The lowest BCUT2D eigenvalue weighted by molar-refractivity contribution is 0.279. The molecule has 1 rings (SSSR count). The van der Waals surface area contributed by atoms with Crippen LogP contribution in [0.2, 0.25) is 0 Å². The first-order valence-corrected chi connectivity index (χ1v) is 7.71. The van der Waals surface area contributed by atoms with Crippen molar-refractivity contribution in [3.8, 4) is 0 Å². The van der Waals surface area contributed by atoms with Gasteiger partial charge in [0, 0.05) is 12.6 Å². The summed E-state index contributed by atoms with van der Waals surface area (Å²) in [6.07, 6.45) is 0.295. The number of rotatable bonds is 6. The maximum atomic E-state index is 12.0. The Balaban J connectivity index is 2.85. The van der Waals surface area contributed by atoms with Gasteiger partial charge in [0.1, 0.15) is 0 Å². The molecule has 0 heterocycles. The van der Waals surface area contributed by atoms with Crippen molar-refractivity contribution in [3.63, 3.8) is 0 Å². The predicted octanol–water partition coefficient (Wildman–Crippen LogP) is 1.29. The largest absolute Gasteiger partial charge is 0.396 e. The average molecular weight is 271 g/mol. The fourth-order valence-electron chi connectivity index (χ4n) is 1.69. The molecular weight excluding hydrogens is 250 g/mol. The summed E-state index contributed by atoms with van der Waals surface area (Å²) in [4.78, 5) is 0.292. The normalized spacial score (nSPS) is 13.8. The quantitative estimate of drug-likeness (QED) is 0.817. The van der Waals surface area contributed by atoms with Gasteiger partial charge in [-0.2, -0.15) is 0 Å². The van der Waals surface area contributed by atoms with Crippen molar-refractivity contribution in [2.24, 2.45) is 5.73 Å². The van der Waals surface area contributed by atoms with Crippen LogP contribution in [0.1, 0.15) is 31.7 Å². The first-order valence-electron chi connectivity index (χ1n) is 6.06. The highest BCUT2D eigenvalue weighted by Crippen LogP contribution is 2.18. The van der Waals surface area contributed by atoms with Crippen LogP contribution in [0, 0.1) is 0 Å². The topological polar surface area (TPSA) is 80.4 Å². The van der Waals surface area contributed by atoms with E-state index in [9.17, 15) is 8.42 Å². The highest BCUT2D eigenvalue weighted by atomic mass is 32.2. The van der Waals surface area contributed by atoms with E-state index in [4.69, 9.17) is 10.8 Å². The van der Waals surface area contributed by atoms with Crippen molar-refractivity contribution in [2.45, 2.75) is 37.1 Å². The molecule has 5 heteroatoms. The van der Waals surface area contributed by atoms with Crippen LogP contribution >= 0.6 is 0 Å². The molecule has 0 amide bonds. The molecule has 4 nitrogen and oxygen atoms in total. The fraction of sp³-hybridized carbons (Fsp3) is 0.538. The third-order valence-corrected chi connectivity index (χ3v) is 4.70. The van der Waals surface area contributed by atoms with Gasteiger partial charge in [-0.1, -0.05) is 26.0 Å². The third-order valence-electron chi connectivity index (χ3n) is 2.84. The third kappa shape index (κ3) is 4.08. The van der Waals surface area contributed by atoms with Gasteiger partial charge < -0.3 is 10.8 Å². The van der Waals surface area contributed by atoms with Gasteiger partial charge in [-0.25, -0.2) is 8.42 Å². The van der Waals surface area contributed by atoms with Gasteiger partial charge in [-0.15, -0.1) is 0 Å². The number of hydrogen-bond acceptors (Lipinski definition) is 4. The van der Waals surface area contributed by atoms with E-state index in [2.05, 4.69) is 13.8 Å². The van der Waals surface area contributed by atoms with E-state index in [-0.39, 0.29) is 12.4 Å². The smallest absolute Gasteiger partial charge is 0.179 e. The number of nitrogens with two attached hydrogens (primary N) is 1. The average Bonchev–Trinajstić information content (AvgIpc) is 2.28. The Morgan fingerprint density at radius 1 is 1.22 bits per heavy atom. The Morgan fingerprint density at radius 3 is 2.22 bits per heavy atom. The molecule has 0 fully saturated rings. The lowest BCUT2D eigenvalue weighted by Gasteiger charge is -2.11. The highest BCUT2D eigenvalue weighted by Gasteiger charge is 2.18. The van der Waals surface area contributed by atoms with Crippen LogP contribution in [0.4, 0.5) is 0 Å². The summed E-state index contributed by atoms with van der Waals surface area (Å²) in [5, 5.41) is 8.73. The van der Waals surface area contributed by atoms with Gasteiger partial charge in [0.2, 0.25) is 0 Å². The Morgan fingerprint density at radius 2 is 1.78 bits per heavy atom. The molecule has 102 valence electrons. The molecule has 0 saturated carbocycles. The molecule has 0 spiro atoms.